The maximum atomic E-state index is 13.4. The van der Waals surface area contributed by atoms with Crippen LogP contribution in [0.5, 0.6) is 0 Å². The van der Waals surface area contributed by atoms with Crippen LogP contribution in [0.25, 0.3) is 0 Å². The zero-order chi connectivity index (χ0) is 11.4. The van der Waals surface area contributed by atoms with E-state index in [1.165, 1.54) is 18.9 Å². The highest BCUT2D eigenvalue weighted by atomic mass is 19.1. The Morgan fingerprint density at radius 3 is 2.94 bits per heavy atom. The Morgan fingerprint density at radius 1 is 1.44 bits per heavy atom. The standard InChI is InChI=1S/C13H18FNO/c1-2-16-9-11-7-10(3-6-13(11)14)8-15-12-4-5-12/h3,6-7,12,15H,2,4-5,8-9H2,1H3. The number of benzene rings is 1. The molecule has 0 heterocycles. The summed E-state index contributed by atoms with van der Waals surface area (Å²) in [6.45, 7) is 3.71. The average molecular weight is 223 g/mol. The van der Waals surface area contributed by atoms with Crippen molar-refractivity contribution in [2.75, 3.05) is 6.61 Å². The fourth-order valence-electron chi connectivity index (χ4n) is 1.61. The lowest BCUT2D eigenvalue weighted by molar-refractivity contribution is 0.131. The van der Waals surface area contributed by atoms with Crippen molar-refractivity contribution in [2.24, 2.45) is 0 Å². The second-order valence-corrected chi connectivity index (χ2v) is 4.22. The number of rotatable bonds is 6. The summed E-state index contributed by atoms with van der Waals surface area (Å²) in [5, 5.41) is 3.41. The van der Waals surface area contributed by atoms with E-state index in [0.717, 1.165) is 12.1 Å². The number of hydrogen-bond acceptors (Lipinski definition) is 2. The Kier molecular flexibility index (Phi) is 3.91. The van der Waals surface area contributed by atoms with E-state index in [1.807, 2.05) is 19.1 Å². The van der Waals surface area contributed by atoms with Crippen molar-refractivity contribution in [2.45, 2.75) is 39.0 Å². The predicted molar refractivity (Wildman–Crippen MR) is 61.6 cm³/mol. The van der Waals surface area contributed by atoms with E-state index in [-0.39, 0.29) is 5.82 Å². The molecule has 0 amide bonds. The van der Waals surface area contributed by atoms with Crippen molar-refractivity contribution >= 4 is 0 Å². The molecular formula is C13H18FNO. The quantitative estimate of drug-likeness (QED) is 0.800. The molecule has 0 unspecified atom stereocenters. The highest BCUT2D eigenvalue weighted by Gasteiger charge is 2.19. The van der Waals surface area contributed by atoms with E-state index in [2.05, 4.69) is 5.32 Å². The lowest BCUT2D eigenvalue weighted by atomic mass is 10.1. The molecule has 1 aromatic carbocycles. The van der Waals surface area contributed by atoms with Gasteiger partial charge in [-0.25, -0.2) is 4.39 Å². The summed E-state index contributed by atoms with van der Waals surface area (Å²) in [5.74, 6) is -0.177. The van der Waals surface area contributed by atoms with Gasteiger partial charge in [0.2, 0.25) is 0 Å². The first kappa shape index (κ1) is 11.6. The van der Waals surface area contributed by atoms with Gasteiger partial charge >= 0.3 is 0 Å². The van der Waals surface area contributed by atoms with Crippen LogP contribution >= 0.6 is 0 Å². The van der Waals surface area contributed by atoms with Crippen LogP contribution in [0, 0.1) is 5.82 Å². The van der Waals surface area contributed by atoms with Crippen LogP contribution in [0.1, 0.15) is 30.9 Å². The van der Waals surface area contributed by atoms with Gasteiger partial charge in [-0.3, -0.25) is 0 Å². The van der Waals surface area contributed by atoms with Crippen molar-refractivity contribution < 1.29 is 9.13 Å². The van der Waals surface area contributed by atoms with E-state index >= 15 is 0 Å². The topological polar surface area (TPSA) is 21.3 Å². The van der Waals surface area contributed by atoms with Crippen molar-refractivity contribution in [3.8, 4) is 0 Å². The Balaban J connectivity index is 1.95. The van der Waals surface area contributed by atoms with Gasteiger partial charge in [0, 0.05) is 24.8 Å². The van der Waals surface area contributed by atoms with Gasteiger partial charge in [-0.1, -0.05) is 6.07 Å². The van der Waals surface area contributed by atoms with Gasteiger partial charge in [-0.05, 0) is 37.5 Å². The van der Waals surface area contributed by atoms with Crippen LogP contribution in [0.15, 0.2) is 18.2 Å². The first-order valence-electron chi connectivity index (χ1n) is 5.88. The van der Waals surface area contributed by atoms with E-state index in [4.69, 9.17) is 4.74 Å². The van der Waals surface area contributed by atoms with Crippen LogP contribution < -0.4 is 5.32 Å². The third-order valence-corrected chi connectivity index (χ3v) is 2.74. The maximum absolute atomic E-state index is 13.4. The Bertz CT molecular complexity index is 350. The minimum absolute atomic E-state index is 0.177. The molecule has 0 aromatic heterocycles. The van der Waals surface area contributed by atoms with Gasteiger partial charge in [-0.2, -0.15) is 0 Å². The first-order chi connectivity index (χ1) is 7.79. The molecule has 16 heavy (non-hydrogen) atoms. The summed E-state index contributed by atoms with van der Waals surface area (Å²) >= 11 is 0. The second-order valence-electron chi connectivity index (χ2n) is 4.22. The zero-order valence-corrected chi connectivity index (χ0v) is 9.63. The Labute approximate surface area is 95.8 Å². The summed E-state index contributed by atoms with van der Waals surface area (Å²) in [6.07, 6.45) is 2.54. The van der Waals surface area contributed by atoms with E-state index in [9.17, 15) is 4.39 Å². The van der Waals surface area contributed by atoms with Crippen LogP contribution in [-0.2, 0) is 17.9 Å². The number of ether oxygens (including phenoxy) is 1. The van der Waals surface area contributed by atoms with Gasteiger partial charge in [-0.15, -0.1) is 0 Å². The van der Waals surface area contributed by atoms with Gasteiger partial charge in [0.05, 0.1) is 6.61 Å². The molecule has 2 nitrogen and oxygen atoms in total. The molecule has 0 spiro atoms. The third kappa shape index (κ3) is 3.29. The number of nitrogens with one attached hydrogen (secondary N) is 1. The van der Waals surface area contributed by atoms with E-state index in [0.29, 0.717) is 24.8 Å². The fourth-order valence-corrected chi connectivity index (χ4v) is 1.61. The summed E-state index contributed by atoms with van der Waals surface area (Å²) in [4.78, 5) is 0. The molecule has 1 aliphatic carbocycles. The molecule has 1 saturated carbocycles. The fraction of sp³-hybridized carbons (Fsp3) is 0.538. The molecule has 1 aliphatic rings. The van der Waals surface area contributed by atoms with Crippen LogP contribution in [0.2, 0.25) is 0 Å². The normalized spacial score (nSPS) is 15.4. The van der Waals surface area contributed by atoms with Gasteiger partial charge in [0.1, 0.15) is 5.82 Å². The lowest BCUT2D eigenvalue weighted by Gasteiger charge is -2.07. The molecule has 0 radical (unpaired) electrons. The van der Waals surface area contributed by atoms with Crippen LogP contribution in [-0.4, -0.2) is 12.6 Å². The number of hydrogen-bond donors (Lipinski definition) is 1. The van der Waals surface area contributed by atoms with Gasteiger partial charge in [0.15, 0.2) is 0 Å². The third-order valence-electron chi connectivity index (χ3n) is 2.74. The molecule has 0 aliphatic heterocycles. The highest BCUT2D eigenvalue weighted by molar-refractivity contribution is 5.24. The molecule has 1 fully saturated rings. The van der Waals surface area contributed by atoms with Crippen molar-refractivity contribution in [3.05, 3.63) is 35.1 Å². The molecule has 0 saturated heterocycles. The SMILES string of the molecule is CCOCc1cc(CNC2CC2)ccc1F. The predicted octanol–water partition coefficient (Wildman–Crippen LogP) is 2.61. The molecule has 3 heteroatoms. The number of halogens is 1. The molecule has 1 aromatic rings. The Hall–Kier alpha value is -0.930. The summed E-state index contributed by atoms with van der Waals surface area (Å²) < 4.78 is 18.6. The molecular weight excluding hydrogens is 205 g/mol. The van der Waals surface area contributed by atoms with Gasteiger partial charge < -0.3 is 10.1 Å². The molecule has 2 rings (SSSR count). The highest BCUT2D eigenvalue weighted by Crippen LogP contribution is 2.20. The van der Waals surface area contributed by atoms with Crippen molar-refractivity contribution in [1.82, 2.24) is 5.32 Å². The largest absolute Gasteiger partial charge is 0.377 e. The molecule has 1 N–H and O–H groups in total. The molecule has 0 atom stereocenters. The smallest absolute Gasteiger partial charge is 0.128 e. The van der Waals surface area contributed by atoms with E-state index in [1.54, 1.807) is 0 Å². The summed E-state index contributed by atoms with van der Waals surface area (Å²) in [5.41, 5.74) is 1.78. The maximum Gasteiger partial charge on any atom is 0.128 e. The zero-order valence-electron chi connectivity index (χ0n) is 9.63. The molecule has 0 bridgehead atoms. The van der Waals surface area contributed by atoms with Crippen molar-refractivity contribution in [1.29, 1.82) is 0 Å². The monoisotopic (exact) mass is 223 g/mol. The summed E-state index contributed by atoms with van der Waals surface area (Å²) in [7, 11) is 0. The average Bonchev–Trinajstić information content (AvgIpc) is 3.10. The van der Waals surface area contributed by atoms with Gasteiger partial charge in [0.25, 0.3) is 0 Å². The van der Waals surface area contributed by atoms with Crippen molar-refractivity contribution in [3.63, 3.8) is 0 Å². The van der Waals surface area contributed by atoms with Crippen LogP contribution in [0.3, 0.4) is 0 Å². The Morgan fingerprint density at radius 2 is 2.25 bits per heavy atom. The molecule has 88 valence electrons. The summed E-state index contributed by atoms with van der Waals surface area (Å²) in [6, 6.07) is 5.93. The first-order valence-corrected chi connectivity index (χ1v) is 5.88. The van der Waals surface area contributed by atoms with Crippen LogP contribution in [0.4, 0.5) is 4.39 Å². The minimum atomic E-state index is -0.177. The second kappa shape index (κ2) is 5.41. The minimum Gasteiger partial charge on any atom is -0.377 e. The van der Waals surface area contributed by atoms with E-state index < -0.39 is 0 Å². The lowest BCUT2D eigenvalue weighted by Crippen LogP contribution is -2.15.